The molecule has 0 aliphatic heterocycles. The lowest BCUT2D eigenvalue weighted by Gasteiger charge is -2.23. The Morgan fingerprint density at radius 3 is 2.42 bits per heavy atom. The SMILES string of the molecule is CCCCc1ccc([C@@H](NC(=O)Cn2ccc(=O)[nH]c2=O)C(C)C)cc1. The first-order valence-electron chi connectivity index (χ1n) is 9.08. The van der Waals surface area contributed by atoms with Gasteiger partial charge in [-0.15, -0.1) is 0 Å². The highest BCUT2D eigenvalue weighted by Crippen LogP contribution is 2.22. The summed E-state index contributed by atoms with van der Waals surface area (Å²) in [5.74, 6) is -0.0688. The summed E-state index contributed by atoms with van der Waals surface area (Å²) in [5, 5.41) is 3.00. The highest BCUT2D eigenvalue weighted by molar-refractivity contribution is 5.76. The van der Waals surface area contributed by atoms with Gasteiger partial charge in [-0.2, -0.15) is 0 Å². The van der Waals surface area contributed by atoms with Gasteiger partial charge in [-0.1, -0.05) is 51.5 Å². The van der Waals surface area contributed by atoms with Crippen LogP contribution in [-0.4, -0.2) is 15.5 Å². The van der Waals surface area contributed by atoms with Crippen molar-refractivity contribution in [1.82, 2.24) is 14.9 Å². The second-order valence-electron chi connectivity index (χ2n) is 6.87. The summed E-state index contributed by atoms with van der Waals surface area (Å²) < 4.78 is 1.18. The van der Waals surface area contributed by atoms with Crippen LogP contribution in [0.15, 0.2) is 46.1 Å². The Bertz CT molecular complexity index is 834. The molecule has 1 aromatic carbocycles. The molecule has 0 aliphatic carbocycles. The van der Waals surface area contributed by atoms with E-state index in [1.165, 1.54) is 22.4 Å². The minimum absolute atomic E-state index is 0.132. The van der Waals surface area contributed by atoms with Gasteiger partial charge in [-0.05, 0) is 29.9 Å². The Balaban J connectivity index is 2.08. The van der Waals surface area contributed by atoms with Gasteiger partial charge in [-0.3, -0.25) is 19.1 Å². The summed E-state index contributed by atoms with van der Waals surface area (Å²) in [6.07, 6.45) is 4.71. The lowest BCUT2D eigenvalue weighted by atomic mass is 9.94. The van der Waals surface area contributed by atoms with Crippen molar-refractivity contribution < 1.29 is 4.79 Å². The van der Waals surface area contributed by atoms with Crippen LogP contribution in [0.5, 0.6) is 0 Å². The maximum atomic E-state index is 12.4. The van der Waals surface area contributed by atoms with E-state index in [-0.39, 0.29) is 24.4 Å². The highest BCUT2D eigenvalue weighted by atomic mass is 16.2. The topological polar surface area (TPSA) is 84.0 Å². The molecule has 6 heteroatoms. The van der Waals surface area contributed by atoms with E-state index in [2.05, 4.69) is 41.5 Å². The van der Waals surface area contributed by atoms with Crippen molar-refractivity contribution in [3.8, 4) is 0 Å². The fraction of sp³-hybridized carbons (Fsp3) is 0.450. The van der Waals surface area contributed by atoms with E-state index < -0.39 is 11.2 Å². The van der Waals surface area contributed by atoms with E-state index in [1.54, 1.807) is 0 Å². The Kier molecular flexibility index (Phi) is 6.95. The van der Waals surface area contributed by atoms with Gasteiger partial charge >= 0.3 is 5.69 Å². The van der Waals surface area contributed by atoms with Crippen LogP contribution < -0.4 is 16.6 Å². The van der Waals surface area contributed by atoms with Gasteiger partial charge in [0.1, 0.15) is 6.54 Å². The van der Waals surface area contributed by atoms with Crippen LogP contribution in [0.3, 0.4) is 0 Å². The number of nitrogens with zero attached hydrogens (tertiary/aromatic N) is 1. The zero-order valence-electron chi connectivity index (χ0n) is 15.6. The first-order valence-corrected chi connectivity index (χ1v) is 9.08. The number of carbonyl (C=O) groups is 1. The summed E-state index contributed by atoms with van der Waals surface area (Å²) >= 11 is 0. The summed E-state index contributed by atoms with van der Waals surface area (Å²) in [7, 11) is 0. The normalized spacial score (nSPS) is 12.2. The summed E-state index contributed by atoms with van der Waals surface area (Å²) in [5.41, 5.74) is 1.27. The van der Waals surface area contributed by atoms with Gasteiger partial charge in [0, 0.05) is 12.3 Å². The Morgan fingerprint density at radius 1 is 1.15 bits per heavy atom. The van der Waals surface area contributed by atoms with Crippen molar-refractivity contribution in [2.24, 2.45) is 5.92 Å². The largest absolute Gasteiger partial charge is 0.347 e. The molecule has 0 radical (unpaired) electrons. The van der Waals surface area contributed by atoms with Gasteiger partial charge in [0.05, 0.1) is 6.04 Å². The number of aromatic nitrogens is 2. The fourth-order valence-electron chi connectivity index (χ4n) is 2.85. The number of unbranched alkanes of at least 4 members (excludes halogenated alkanes) is 1. The molecule has 2 N–H and O–H groups in total. The second-order valence-corrected chi connectivity index (χ2v) is 6.87. The van der Waals surface area contributed by atoms with Crippen LogP contribution in [0.1, 0.15) is 50.8 Å². The van der Waals surface area contributed by atoms with Crippen LogP contribution in [0.2, 0.25) is 0 Å². The number of hydrogen-bond donors (Lipinski definition) is 2. The maximum absolute atomic E-state index is 12.4. The number of nitrogens with one attached hydrogen (secondary N) is 2. The van der Waals surface area contributed by atoms with E-state index >= 15 is 0 Å². The molecule has 26 heavy (non-hydrogen) atoms. The average molecular weight is 357 g/mol. The molecule has 0 bridgehead atoms. The number of H-pyrrole nitrogens is 1. The number of aromatic amines is 1. The predicted molar refractivity (Wildman–Crippen MR) is 102 cm³/mol. The third-order valence-electron chi connectivity index (χ3n) is 4.35. The number of aryl methyl sites for hydroxylation is 1. The van der Waals surface area contributed by atoms with E-state index in [4.69, 9.17) is 0 Å². The Labute approximate surface area is 153 Å². The lowest BCUT2D eigenvalue weighted by Crippen LogP contribution is -2.38. The molecule has 1 heterocycles. The van der Waals surface area contributed by atoms with Crippen molar-refractivity contribution >= 4 is 5.91 Å². The van der Waals surface area contributed by atoms with Crippen LogP contribution in [-0.2, 0) is 17.8 Å². The molecular formula is C20H27N3O3. The number of carbonyl (C=O) groups excluding carboxylic acids is 1. The first-order chi connectivity index (χ1) is 12.4. The molecule has 0 spiro atoms. The quantitative estimate of drug-likeness (QED) is 0.761. The highest BCUT2D eigenvalue weighted by Gasteiger charge is 2.18. The molecule has 1 amide bonds. The van der Waals surface area contributed by atoms with Crippen molar-refractivity contribution in [3.05, 3.63) is 68.5 Å². The molecule has 6 nitrogen and oxygen atoms in total. The van der Waals surface area contributed by atoms with Crippen LogP contribution >= 0.6 is 0 Å². The fourth-order valence-corrected chi connectivity index (χ4v) is 2.85. The maximum Gasteiger partial charge on any atom is 0.328 e. The van der Waals surface area contributed by atoms with Crippen LogP contribution in [0.4, 0.5) is 0 Å². The minimum Gasteiger partial charge on any atom is -0.347 e. The van der Waals surface area contributed by atoms with E-state index in [1.807, 2.05) is 13.8 Å². The van der Waals surface area contributed by atoms with Crippen molar-refractivity contribution in [3.63, 3.8) is 0 Å². The first kappa shape index (κ1) is 19.7. The molecule has 0 unspecified atom stereocenters. The number of hydrogen-bond acceptors (Lipinski definition) is 3. The molecule has 1 atom stereocenters. The van der Waals surface area contributed by atoms with Crippen LogP contribution in [0.25, 0.3) is 0 Å². The predicted octanol–water partition coefficient (Wildman–Crippen LogP) is 2.39. The molecule has 1 aromatic heterocycles. The zero-order valence-corrected chi connectivity index (χ0v) is 15.6. The lowest BCUT2D eigenvalue weighted by molar-refractivity contribution is -0.122. The molecule has 2 rings (SSSR count). The molecule has 0 saturated carbocycles. The van der Waals surface area contributed by atoms with Gasteiger partial charge in [0.2, 0.25) is 5.91 Å². The van der Waals surface area contributed by atoms with Gasteiger partial charge in [-0.25, -0.2) is 4.79 Å². The van der Waals surface area contributed by atoms with E-state index in [0.29, 0.717) is 0 Å². The molecular weight excluding hydrogens is 330 g/mol. The molecule has 2 aromatic rings. The summed E-state index contributed by atoms with van der Waals surface area (Å²) in [6.45, 7) is 6.13. The van der Waals surface area contributed by atoms with Crippen molar-refractivity contribution in [2.75, 3.05) is 0 Å². The molecule has 140 valence electrons. The summed E-state index contributed by atoms with van der Waals surface area (Å²) in [6, 6.07) is 9.42. The zero-order chi connectivity index (χ0) is 19.1. The Morgan fingerprint density at radius 2 is 1.85 bits per heavy atom. The standard InChI is InChI=1S/C20H27N3O3/c1-4-5-6-15-7-9-16(10-8-15)19(14(2)3)21-18(25)13-23-12-11-17(24)22-20(23)26/h7-12,14,19H,4-6,13H2,1-3H3,(H,21,25)(H,22,24,26)/t19-/m0/s1. The summed E-state index contributed by atoms with van der Waals surface area (Å²) in [4.78, 5) is 37.4. The molecule has 0 fully saturated rings. The Hall–Kier alpha value is -2.63. The third kappa shape index (κ3) is 5.44. The van der Waals surface area contributed by atoms with Crippen molar-refractivity contribution in [2.45, 2.75) is 52.6 Å². The third-order valence-corrected chi connectivity index (χ3v) is 4.35. The monoisotopic (exact) mass is 357 g/mol. The molecule has 0 saturated heterocycles. The second kappa shape index (κ2) is 9.17. The van der Waals surface area contributed by atoms with Crippen LogP contribution in [0, 0.1) is 5.92 Å². The minimum atomic E-state index is -0.589. The van der Waals surface area contributed by atoms with Gasteiger partial charge in [0.15, 0.2) is 0 Å². The smallest absolute Gasteiger partial charge is 0.328 e. The number of rotatable bonds is 8. The van der Waals surface area contributed by atoms with Gasteiger partial charge < -0.3 is 5.32 Å². The molecule has 0 aliphatic rings. The number of benzene rings is 1. The van der Waals surface area contributed by atoms with E-state index in [9.17, 15) is 14.4 Å². The van der Waals surface area contributed by atoms with Crippen molar-refractivity contribution in [1.29, 1.82) is 0 Å². The number of amides is 1. The van der Waals surface area contributed by atoms with Gasteiger partial charge in [0.25, 0.3) is 5.56 Å². The van der Waals surface area contributed by atoms with E-state index in [0.717, 1.165) is 24.8 Å². The average Bonchev–Trinajstić information content (AvgIpc) is 2.60.